The minimum atomic E-state index is -0.674. The van der Waals surface area contributed by atoms with Crippen LogP contribution in [0.1, 0.15) is 23.2 Å². The SMILES string of the molecule is N#CC(NC(=O)c1ccncc1F)C1CC1. The third kappa shape index (κ3) is 2.16. The molecule has 0 aromatic carbocycles. The van der Waals surface area contributed by atoms with E-state index in [1.807, 2.05) is 6.07 Å². The van der Waals surface area contributed by atoms with Crippen LogP contribution in [0.25, 0.3) is 0 Å². The Balaban J connectivity index is 2.08. The van der Waals surface area contributed by atoms with Crippen molar-refractivity contribution in [2.24, 2.45) is 5.92 Å². The number of nitriles is 1. The van der Waals surface area contributed by atoms with E-state index in [0.717, 1.165) is 19.0 Å². The molecule has 1 amide bonds. The van der Waals surface area contributed by atoms with Gasteiger partial charge in [-0.2, -0.15) is 5.26 Å². The molecule has 1 heterocycles. The van der Waals surface area contributed by atoms with Crippen molar-refractivity contribution in [2.75, 3.05) is 0 Å². The van der Waals surface area contributed by atoms with E-state index in [2.05, 4.69) is 10.3 Å². The lowest BCUT2D eigenvalue weighted by Crippen LogP contribution is -2.35. The van der Waals surface area contributed by atoms with Crippen LogP contribution in [0.5, 0.6) is 0 Å². The maximum atomic E-state index is 13.2. The second-order valence-electron chi connectivity index (χ2n) is 3.77. The Labute approximate surface area is 92.1 Å². The fourth-order valence-electron chi connectivity index (χ4n) is 1.46. The number of hydrogen-bond donors (Lipinski definition) is 1. The van der Waals surface area contributed by atoms with Crippen molar-refractivity contribution >= 4 is 5.91 Å². The van der Waals surface area contributed by atoms with Gasteiger partial charge < -0.3 is 5.32 Å². The predicted molar refractivity (Wildman–Crippen MR) is 53.8 cm³/mol. The summed E-state index contributed by atoms with van der Waals surface area (Å²) < 4.78 is 13.2. The van der Waals surface area contributed by atoms with Gasteiger partial charge in [-0.3, -0.25) is 9.78 Å². The summed E-state index contributed by atoms with van der Waals surface area (Å²) in [6.07, 6.45) is 4.21. The smallest absolute Gasteiger partial charge is 0.255 e. The van der Waals surface area contributed by atoms with Gasteiger partial charge >= 0.3 is 0 Å². The summed E-state index contributed by atoms with van der Waals surface area (Å²) in [6, 6.07) is 2.80. The molecule has 1 saturated carbocycles. The molecule has 1 N–H and O–H groups in total. The van der Waals surface area contributed by atoms with Crippen molar-refractivity contribution in [3.05, 3.63) is 29.8 Å². The van der Waals surface area contributed by atoms with E-state index in [1.165, 1.54) is 12.3 Å². The summed E-state index contributed by atoms with van der Waals surface area (Å²) in [5.41, 5.74) is -0.0732. The summed E-state index contributed by atoms with van der Waals surface area (Å²) >= 11 is 0. The van der Waals surface area contributed by atoms with Gasteiger partial charge in [0.15, 0.2) is 5.82 Å². The molecule has 1 fully saturated rings. The van der Waals surface area contributed by atoms with Crippen molar-refractivity contribution in [1.82, 2.24) is 10.3 Å². The molecular weight excluding hydrogens is 209 g/mol. The first kappa shape index (κ1) is 10.6. The largest absolute Gasteiger partial charge is 0.336 e. The summed E-state index contributed by atoms with van der Waals surface area (Å²) in [4.78, 5) is 15.2. The molecule has 16 heavy (non-hydrogen) atoms. The molecule has 4 nitrogen and oxygen atoms in total. The Hall–Kier alpha value is -1.96. The van der Waals surface area contributed by atoms with Crippen LogP contribution >= 0.6 is 0 Å². The van der Waals surface area contributed by atoms with Crippen molar-refractivity contribution in [3.63, 3.8) is 0 Å². The van der Waals surface area contributed by atoms with Crippen LogP contribution in [-0.4, -0.2) is 16.9 Å². The highest BCUT2D eigenvalue weighted by Crippen LogP contribution is 2.32. The molecule has 5 heteroatoms. The first-order chi connectivity index (χ1) is 7.72. The molecule has 2 rings (SSSR count). The van der Waals surface area contributed by atoms with Crippen LogP contribution in [0, 0.1) is 23.1 Å². The third-order valence-electron chi connectivity index (χ3n) is 2.54. The Kier molecular flexibility index (Phi) is 2.82. The summed E-state index contributed by atoms with van der Waals surface area (Å²) in [6.45, 7) is 0. The van der Waals surface area contributed by atoms with Gasteiger partial charge in [-0.1, -0.05) is 0 Å². The van der Waals surface area contributed by atoms with Crippen LogP contribution in [-0.2, 0) is 0 Å². The fourth-order valence-corrected chi connectivity index (χ4v) is 1.46. The second-order valence-corrected chi connectivity index (χ2v) is 3.77. The monoisotopic (exact) mass is 219 g/mol. The zero-order chi connectivity index (χ0) is 11.5. The molecule has 1 atom stereocenters. The highest BCUT2D eigenvalue weighted by Gasteiger charge is 2.32. The lowest BCUT2D eigenvalue weighted by atomic mass is 10.2. The van der Waals surface area contributed by atoms with Crippen molar-refractivity contribution in [3.8, 4) is 6.07 Å². The normalized spacial score (nSPS) is 16.2. The maximum absolute atomic E-state index is 13.2. The van der Waals surface area contributed by atoms with Crippen molar-refractivity contribution in [2.45, 2.75) is 18.9 Å². The van der Waals surface area contributed by atoms with E-state index in [9.17, 15) is 9.18 Å². The van der Waals surface area contributed by atoms with Gasteiger partial charge in [0.2, 0.25) is 0 Å². The molecule has 1 unspecified atom stereocenters. The lowest BCUT2D eigenvalue weighted by molar-refractivity contribution is 0.0937. The van der Waals surface area contributed by atoms with Crippen LogP contribution in [0.3, 0.4) is 0 Å². The number of hydrogen-bond acceptors (Lipinski definition) is 3. The third-order valence-corrected chi connectivity index (χ3v) is 2.54. The quantitative estimate of drug-likeness (QED) is 0.832. The van der Waals surface area contributed by atoms with E-state index < -0.39 is 17.8 Å². The predicted octanol–water partition coefficient (Wildman–Crippen LogP) is 1.25. The molecule has 0 radical (unpaired) electrons. The molecular formula is C11H10FN3O. The molecule has 0 aliphatic heterocycles. The van der Waals surface area contributed by atoms with Gasteiger partial charge in [-0.25, -0.2) is 4.39 Å². The van der Waals surface area contributed by atoms with E-state index in [1.54, 1.807) is 0 Å². The standard InChI is InChI=1S/C11H10FN3O/c12-9-6-14-4-3-8(9)11(16)15-10(5-13)7-1-2-7/h3-4,6-7,10H,1-2H2,(H,15,16). The fraction of sp³-hybridized carbons (Fsp3) is 0.364. The Bertz CT molecular complexity index is 451. The van der Waals surface area contributed by atoms with E-state index in [4.69, 9.17) is 5.26 Å². The number of amides is 1. The van der Waals surface area contributed by atoms with Crippen molar-refractivity contribution in [1.29, 1.82) is 5.26 Å². The average Bonchev–Trinajstić information content (AvgIpc) is 3.10. The van der Waals surface area contributed by atoms with E-state index >= 15 is 0 Å². The van der Waals surface area contributed by atoms with Crippen LogP contribution < -0.4 is 5.32 Å². The minimum absolute atomic E-state index is 0.0732. The van der Waals surface area contributed by atoms with Crippen LogP contribution in [0.15, 0.2) is 18.5 Å². The summed E-state index contributed by atoms with van der Waals surface area (Å²) in [5, 5.41) is 11.3. The highest BCUT2D eigenvalue weighted by molar-refractivity contribution is 5.94. The number of carbonyl (C=O) groups excluding carboxylic acids is 1. The number of rotatable bonds is 3. The zero-order valence-corrected chi connectivity index (χ0v) is 8.48. The Morgan fingerprint density at radius 3 is 3.00 bits per heavy atom. The molecule has 0 bridgehead atoms. The number of carbonyl (C=O) groups is 1. The number of pyridine rings is 1. The van der Waals surface area contributed by atoms with Gasteiger partial charge in [0.1, 0.15) is 6.04 Å². The summed E-state index contributed by atoms with van der Waals surface area (Å²) in [7, 11) is 0. The number of nitrogens with one attached hydrogen (secondary N) is 1. The molecule has 1 aliphatic rings. The van der Waals surface area contributed by atoms with Gasteiger partial charge in [0.25, 0.3) is 5.91 Å². The molecule has 1 aromatic heterocycles. The van der Waals surface area contributed by atoms with Crippen LogP contribution in [0.4, 0.5) is 4.39 Å². The number of halogens is 1. The number of aromatic nitrogens is 1. The summed E-state index contributed by atoms with van der Waals surface area (Å²) in [5.74, 6) is -1.01. The first-order valence-corrected chi connectivity index (χ1v) is 5.02. The van der Waals surface area contributed by atoms with E-state index in [-0.39, 0.29) is 11.5 Å². The Morgan fingerprint density at radius 1 is 1.69 bits per heavy atom. The van der Waals surface area contributed by atoms with Crippen LogP contribution in [0.2, 0.25) is 0 Å². The van der Waals surface area contributed by atoms with Gasteiger partial charge in [0, 0.05) is 6.20 Å². The highest BCUT2D eigenvalue weighted by atomic mass is 19.1. The Morgan fingerprint density at radius 2 is 2.44 bits per heavy atom. The molecule has 0 spiro atoms. The maximum Gasteiger partial charge on any atom is 0.255 e. The molecule has 0 saturated heterocycles. The topological polar surface area (TPSA) is 65.8 Å². The lowest BCUT2D eigenvalue weighted by Gasteiger charge is -2.10. The van der Waals surface area contributed by atoms with Gasteiger partial charge in [0.05, 0.1) is 17.8 Å². The second kappa shape index (κ2) is 4.27. The minimum Gasteiger partial charge on any atom is -0.336 e. The number of nitrogens with zero attached hydrogens (tertiary/aromatic N) is 2. The van der Waals surface area contributed by atoms with Gasteiger partial charge in [-0.05, 0) is 24.8 Å². The van der Waals surface area contributed by atoms with E-state index in [0.29, 0.717) is 0 Å². The molecule has 82 valence electrons. The average molecular weight is 219 g/mol. The molecule has 1 aliphatic carbocycles. The van der Waals surface area contributed by atoms with Gasteiger partial charge in [-0.15, -0.1) is 0 Å². The zero-order valence-electron chi connectivity index (χ0n) is 8.48. The van der Waals surface area contributed by atoms with Crippen molar-refractivity contribution < 1.29 is 9.18 Å². The first-order valence-electron chi connectivity index (χ1n) is 5.02. The molecule has 1 aromatic rings.